The maximum absolute atomic E-state index is 10.7. The van der Waals surface area contributed by atoms with Gasteiger partial charge < -0.3 is 10.2 Å². The average Bonchev–Trinajstić information content (AvgIpc) is 2.61. The Hall–Kier alpha value is -1.12. The minimum absolute atomic E-state index is 0.583. The van der Waals surface area contributed by atoms with E-state index in [1.54, 1.807) is 0 Å². The van der Waals surface area contributed by atoms with Crippen molar-refractivity contribution in [3.63, 3.8) is 0 Å². The van der Waals surface area contributed by atoms with Gasteiger partial charge in [-0.25, -0.2) is 0 Å². The van der Waals surface area contributed by atoms with E-state index in [0.717, 1.165) is 37.7 Å². The van der Waals surface area contributed by atoms with Crippen molar-refractivity contribution in [2.24, 2.45) is 0 Å². The number of rotatable bonds is 4. The molecule has 1 aliphatic carbocycles. The van der Waals surface area contributed by atoms with E-state index >= 15 is 0 Å². The van der Waals surface area contributed by atoms with Crippen molar-refractivity contribution >= 4 is 0 Å². The Balaban J connectivity index is 1.97. The fourth-order valence-corrected chi connectivity index (χ4v) is 2.89. The first-order valence-corrected chi connectivity index (χ1v) is 7.25. The third-order valence-corrected chi connectivity index (χ3v) is 4.25. The van der Waals surface area contributed by atoms with Crippen LogP contribution in [0.3, 0.4) is 0 Å². The number of aliphatic hydroxyl groups is 2. The molecule has 1 aliphatic rings. The summed E-state index contributed by atoms with van der Waals surface area (Å²) in [5.41, 5.74) is 0.931. The van der Waals surface area contributed by atoms with E-state index in [4.69, 9.17) is 0 Å². The molecule has 0 bridgehead atoms. The lowest BCUT2D eigenvalue weighted by Crippen LogP contribution is -2.43. The van der Waals surface area contributed by atoms with Gasteiger partial charge in [0.2, 0.25) is 0 Å². The summed E-state index contributed by atoms with van der Waals surface area (Å²) in [6.07, 6.45) is 5.30. The lowest BCUT2D eigenvalue weighted by atomic mass is 9.82. The van der Waals surface area contributed by atoms with E-state index in [2.05, 4.69) is 18.7 Å². The highest BCUT2D eigenvalue weighted by atomic mass is 16.3. The first-order chi connectivity index (χ1) is 9.13. The van der Waals surface area contributed by atoms with Crippen LogP contribution < -0.4 is 0 Å². The molecule has 0 heterocycles. The molecular formula is C17H24O2. The molecule has 19 heavy (non-hydrogen) atoms. The predicted molar refractivity (Wildman–Crippen MR) is 77.9 cm³/mol. The second-order valence-electron chi connectivity index (χ2n) is 5.63. The van der Waals surface area contributed by atoms with Crippen LogP contribution >= 0.6 is 0 Å². The van der Waals surface area contributed by atoms with Crippen LogP contribution in [-0.2, 0) is 6.42 Å². The van der Waals surface area contributed by atoms with Gasteiger partial charge in [-0.05, 0) is 43.2 Å². The summed E-state index contributed by atoms with van der Waals surface area (Å²) in [6, 6.07) is 10.1. The Labute approximate surface area is 115 Å². The van der Waals surface area contributed by atoms with E-state index in [0.29, 0.717) is 12.8 Å². The van der Waals surface area contributed by atoms with E-state index in [1.165, 1.54) is 5.56 Å². The summed E-state index contributed by atoms with van der Waals surface area (Å²) in [7, 11) is 0. The summed E-state index contributed by atoms with van der Waals surface area (Å²) in [4.78, 5) is 0. The van der Waals surface area contributed by atoms with Crippen LogP contribution in [0, 0.1) is 0 Å². The molecule has 2 atom stereocenters. The van der Waals surface area contributed by atoms with Gasteiger partial charge in [-0.3, -0.25) is 0 Å². The molecule has 2 N–H and O–H groups in total. The molecule has 0 amide bonds. The molecule has 1 saturated carbocycles. The molecule has 1 fully saturated rings. The first-order valence-electron chi connectivity index (χ1n) is 7.25. The van der Waals surface area contributed by atoms with E-state index in [-0.39, 0.29) is 0 Å². The van der Waals surface area contributed by atoms with Gasteiger partial charge in [0.15, 0.2) is 0 Å². The van der Waals surface area contributed by atoms with Crippen molar-refractivity contribution in [2.75, 3.05) is 0 Å². The molecule has 2 rings (SSSR count). The summed E-state index contributed by atoms with van der Waals surface area (Å²) in [6.45, 7) is 3.99. The Morgan fingerprint density at radius 2 is 1.89 bits per heavy atom. The molecule has 104 valence electrons. The Kier molecular flexibility index (Phi) is 4.78. The first kappa shape index (κ1) is 14.3. The van der Waals surface area contributed by atoms with Crippen LogP contribution in [0.2, 0.25) is 0 Å². The fraction of sp³-hybridized carbons (Fsp3) is 0.529. The number of hydrogen-bond acceptors (Lipinski definition) is 2. The predicted octanol–water partition coefficient (Wildman–Crippen LogP) is 3.23. The van der Waals surface area contributed by atoms with Crippen LogP contribution in [0.4, 0.5) is 0 Å². The van der Waals surface area contributed by atoms with Crippen molar-refractivity contribution < 1.29 is 10.2 Å². The van der Waals surface area contributed by atoms with Gasteiger partial charge in [-0.15, -0.1) is 0 Å². The maximum atomic E-state index is 10.7. The third-order valence-electron chi connectivity index (χ3n) is 4.25. The zero-order valence-corrected chi connectivity index (χ0v) is 11.5. The molecule has 0 unspecified atom stereocenters. The normalized spacial score (nSPS) is 25.9. The number of benzene rings is 1. The molecule has 1 aromatic rings. The molecule has 0 aromatic heterocycles. The number of aliphatic hydroxyl groups excluding tert-OH is 1. The highest BCUT2D eigenvalue weighted by Crippen LogP contribution is 2.35. The van der Waals surface area contributed by atoms with Crippen LogP contribution in [0.1, 0.15) is 44.1 Å². The Morgan fingerprint density at radius 3 is 2.63 bits per heavy atom. The summed E-state index contributed by atoms with van der Waals surface area (Å²) >= 11 is 0. The molecule has 2 nitrogen and oxygen atoms in total. The molecule has 0 spiro atoms. The van der Waals surface area contributed by atoms with Crippen LogP contribution in [0.15, 0.2) is 42.5 Å². The molecule has 0 saturated heterocycles. The number of hydrogen-bond donors (Lipinski definition) is 2. The van der Waals surface area contributed by atoms with Gasteiger partial charge in [0, 0.05) is 0 Å². The smallest absolute Gasteiger partial charge is 0.111 e. The Morgan fingerprint density at radius 1 is 1.16 bits per heavy atom. The van der Waals surface area contributed by atoms with Crippen LogP contribution in [-0.4, -0.2) is 21.9 Å². The minimum atomic E-state index is -1.08. The molecule has 2 heteroatoms. The van der Waals surface area contributed by atoms with Crippen molar-refractivity contribution in [1.82, 2.24) is 0 Å². The molecule has 1 aromatic carbocycles. The zero-order chi connectivity index (χ0) is 13.7. The second kappa shape index (κ2) is 6.36. The summed E-state index contributed by atoms with van der Waals surface area (Å²) in [5.74, 6) is 0. The topological polar surface area (TPSA) is 40.5 Å². The van der Waals surface area contributed by atoms with Crippen molar-refractivity contribution in [1.29, 1.82) is 0 Å². The van der Waals surface area contributed by atoms with Crippen molar-refractivity contribution in [2.45, 2.75) is 56.7 Å². The van der Waals surface area contributed by atoms with E-state index in [9.17, 15) is 10.2 Å². The van der Waals surface area contributed by atoms with Gasteiger partial charge in [0.05, 0.1) is 6.10 Å². The highest BCUT2D eigenvalue weighted by molar-refractivity contribution is 5.19. The number of aryl methyl sites for hydroxylation is 1. The Bertz CT molecular complexity index is 413. The molecular weight excluding hydrogens is 236 g/mol. The van der Waals surface area contributed by atoms with E-state index in [1.807, 2.05) is 18.2 Å². The van der Waals surface area contributed by atoms with Gasteiger partial charge >= 0.3 is 0 Å². The SMILES string of the molecule is C=C1CCCCC[C@]1(O)[C@H](O)CCc1ccccc1. The minimum Gasteiger partial charge on any atom is -0.390 e. The largest absolute Gasteiger partial charge is 0.390 e. The van der Waals surface area contributed by atoms with Crippen LogP contribution in [0.25, 0.3) is 0 Å². The van der Waals surface area contributed by atoms with Gasteiger partial charge in [0.1, 0.15) is 5.60 Å². The van der Waals surface area contributed by atoms with Crippen LogP contribution in [0.5, 0.6) is 0 Å². The molecule has 0 radical (unpaired) electrons. The maximum Gasteiger partial charge on any atom is 0.111 e. The summed E-state index contributed by atoms with van der Waals surface area (Å²) < 4.78 is 0. The monoisotopic (exact) mass is 260 g/mol. The zero-order valence-electron chi connectivity index (χ0n) is 11.5. The van der Waals surface area contributed by atoms with Gasteiger partial charge in [-0.1, -0.05) is 49.8 Å². The van der Waals surface area contributed by atoms with Gasteiger partial charge in [0.25, 0.3) is 0 Å². The standard InChI is InChI=1S/C17H24O2/c1-14-8-4-3-7-13-17(14,19)16(18)12-11-15-9-5-2-6-10-15/h2,5-6,9-10,16,18-19H,1,3-4,7-8,11-13H2/t16-,17-/m1/s1. The van der Waals surface area contributed by atoms with Crippen molar-refractivity contribution in [3.05, 3.63) is 48.0 Å². The average molecular weight is 260 g/mol. The second-order valence-corrected chi connectivity index (χ2v) is 5.63. The third kappa shape index (κ3) is 3.46. The fourth-order valence-electron chi connectivity index (χ4n) is 2.89. The quantitative estimate of drug-likeness (QED) is 0.644. The van der Waals surface area contributed by atoms with Gasteiger partial charge in [-0.2, -0.15) is 0 Å². The highest BCUT2D eigenvalue weighted by Gasteiger charge is 2.38. The lowest BCUT2D eigenvalue weighted by Gasteiger charge is -2.34. The molecule has 0 aliphatic heterocycles. The lowest BCUT2D eigenvalue weighted by molar-refractivity contribution is -0.0566. The van der Waals surface area contributed by atoms with E-state index < -0.39 is 11.7 Å². The summed E-state index contributed by atoms with van der Waals surface area (Å²) in [5, 5.41) is 21.1. The van der Waals surface area contributed by atoms with Crippen molar-refractivity contribution in [3.8, 4) is 0 Å².